The molecule has 2 heteroatoms. The molecule has 0 amide bonds. The third-order valence-electron chi connectivity index (χ3n) is 2.99. The highest BCUT2D eigenvalue weighted by Gasteiger charge is 2.21. The molecule has 0 radical (unpaired) electrons. The molecule has 1 aliphatic rings. The molecule has 74 valence electrons. The van der Waals surface area contributed by atoms with E-state index in [1.54, 1.807) is 6.08 Å². The molecule has 0 atom stereocenters. The van der Waals surface area contributed by atoms with E-state index in [-0.39, 0.29) is 5.54 Å². The van der Waals surface area contributed by atoms with Gasteiger partial charge >= 0.3 is 0 Å². The minimum absolute atomic E-state index is 0.190. The zero-order valence-corrected chi connectivity index (χ0v) is 8.68. The lowest BCUT2D eigenvalue weighted by molar-refractivity contribution is 0.388. The van der Waals surface area contributed by atoms with Gasteiger partial charge in [0.05, 0.1) is 5.54 Å². The second kappa shape index (κ2) is 4.57. The average molecular weight is 181 g/mol. The van der Waals surface area contributed by atoms with Crippen LogP contribution >= 0.6 is 0 Å². The molecule has 0 aromatic carbocycles. The van der Waals surface area contributed by atoms with Crippen molar-refractivity contribution >= 4 is 6.08 Å². The summed E-state index contributed by atoms with van der Waals surface area (Å²) in [6.07, 6.45) is 9.43. The molecule has 0 bridgehead atoms. The normalized spacial score (nSPS) is 18.6. The Hall–Kier alpha value is -0.620. The second-order valence-corrected chi connectivity index (χ2v) is 4.70. The summed E-state index contributed by atoms with van der Waals surface area (Å²) in [5.41, 5.74) is -0.190. The van der Waals surface area contributed by atoms with Crippen LogP contribution in [0.25, 0.3) is 0 Å². The monoisotopic (exact) mass is 181 g/mol. The molecule has 0 aromatic heterocycles. The molecule has 0 N–H and O–H groups in total. The van der Waals surface area contributed by atoms with Crippen molar-refractivity contribution in [2.45, 2.75) is 57.9 Å². The number of hydrogen-bond acceptors (Lipinski definition) is 2. The van der Waals surface area contributed by atoms with Gasteiger partial charge in [-0.15, -0.1) is 0 Å². The topological polar surface area (TPSA) is 29.4 Å². The van der Waals surface area contributed by atoms with Gasteiger partial charge in [0.2, 0.25) is 6.08 Å². The Balaban J connectivity index is 2.27. The number of isocyanates is 1. The summed E-state index contributed by atoms with van der Waals surface area (Å²) >= 11 is 0. The van der Waals surface area contributed by atoms with Gasteiger partial charge in [-0.05, 0) is 32.6 Å². The molecule has 2 nitrogen and oxygen atoms in total. The van der Waals surface area contributed by atoms with E-state index in [4.69, 9.17) is 0 Å². The summed E-state index contributed by atoms with van der Waals surface area (Å²) in [4.78, 5) is 13.9. The predicted molar refractivity (Wildman–Crippen MR) is 53.4 cm³/mol. The van der Waals surface area contributed by atoms with Crippen LogP contribution in [0.5, 0.6) is 0 Å². The first-order chi connectivity index (χ1) is 6.14. The van der Waals surface area contributed by atoms with E-state index in [0.29, 0.717) is 0 Å². The summed E-state index contributed by atoms with van der Waals surface area (Å²) in [5.74, 6) is 0.890. The third kappa shape index (κ3) is 3.73. The van der Waals surface area contributed by atoms with Crippen molar-refractivity contribution in [3.63, 3.8) is 0 Å². The van der Waals surface area contributed by atoms with Crippen LogP contribution in [-0.4, -0.2) is 11.6 Å². The Labute approximate surface area is 80.4 Å². The highest BCUT2D eigenvalue weighted by Crippen LogP contribution is 2.31. The van der Waals surface area contributed by atoms with E-state index in [9.17, 15) is 4.79 Å². The van der Waals surface area contributed by atoms with E-state index in [1.165, 1.54) is 32.1 Å². The summed E-state index contributed by atoms with van der Waals surface area (Å²) in [6.45, 7) is 4.01. The minimum Gasteiger partial charge on any atom is -0.211 e. The minimum atomic E-state index is -0.190. The highest BCUT2D eigenvalue weighted by molar-refractivity contribution is 5.34. The lowest BCUT2D eigenvalue weighted by atomic mass is 9.92. The van der Waals surface area contributed by atoms with Crippen LogP contribution in [0.3, 0.4) is 0 Å². The molecular weight excluding hydrogens is 162 g/mol. The van der Waals surface area contributed by atoms with Gasteiger partial charge in [0.25, 0.3) is 0 Å². The number of hydrogen-bond donors (Lipinski definition) is 0. The maximum atomic E-state index is 10.1. The van der Waals surface area contributed by atoms with E-state index < -0.39 is 0 Å². The molecule has 1 aliphatic carbocycles. The zero-order chi connectivity index (χ0) is 9.73. The molecule has 0 saturated heterocycles. The maximum Gasteiger partial charge on any atom is 0.235 e. The summed E-state index contributed by atoms with van der Waals surface area (Å²) < 4.78 is 0. The van der Waals surface area contributed by atoms with Crippen molar-refractivity contribution in [1.82, 2.24) is 0 Å². The second-order valence-electron chi connectivity index (χ2n) is 4.70. The Morgan fingerprint density at radius 2 is 2.00 bits per heavy atom. The van der Waals surface area contributed by atoms with Crippen molar-refractivity contribution in [3.8, 4) is 0 Å². The maximum absolute atomic E-state index is 10.1. The molecule has 13 heavy (non-hydrogen) atoms. The van der Waals surface area contributed by atoms with Crippen molar-refractivity contribution < 1.29 is 4.79 Å². The van der Waals surface area contributed by atoms with Crippen LogP contribution in [0.15, 0.2) is 4.99 Å². The summed E-state index contributed by atoms with van der Waals surface area (Å²) in [6, 6.07) is 0. The van der Waals surface area contributed by atoms with Crippen LogP contribution in [-0.2, 0) is 4.79 Å². The van der Waals surface area contributed by atoms with Crippen molar-refractivity contribution in [3.05, 3.63) is 0 Å². The fourth-order valence-electron chi connectivity index (χ4n) is 2.04. The van der Waals surface area contributed by atoms with E-state index in [1.807, 2.05) is 13.8 Å². The van der Waals surface area contributed by atoms with Crippen LogP contribution in [0.1, 0.15) is 52.4 Å². The molecule has 0 unspecified atom stereocenters. The largest absolute Gasteiger partial charge is 0.235 e. The standard InChI is InChI=1S/C11H19NO/c1-11(2,12-9-13)8-7-10-5-3-4-6-10/h10H,3-8H2,1-2H3. The average Bonchev–Trinajstić information content (AvgIpc) is 2.52. The molecule has 0 aliphatic heterocycles. The number of carbonyl (C=O) groups excluding carboxylic acids is 1. The molecular formula is C11H19NO. The first-order valence-corrected chi connectivity index (χ1v) is 5.23. The SMILES string of the molecule is CC(C)(CCC1CCCC1)N=C=O. The zero-order valence-electron chi connectivity index (χ0n) is 8.68. The van der Waals surface area contributed by atoms with E-state index >= 15 is 0 Å². The van der Waals surface area contributed by atoms with Gasteiger partial charge in [0.1, 0.15) is 0 Å². The Morgan fingerprint density at radius 1 is 1.38 bits per heavy atom. The Bertz CT molecular complexity index is 198. The Kier molecular flexibility index (Phi) is 3.68. The van der Waals surface area contributed by atoms with Gasteiger partial charge in [0.15, 0.2) is 0 Å². The fourth-order valence-corrected chi connectivity index (χ4v) is 2.04. The first-order valence-electron chi connectivity index (χ1n) is 5.23. The first kappa shape index (κ1) is 10.5. The lowest BCUT2D eigenvalue weighted by Gasteiger charge is -2.19. The van der Waals surface area contributed by atoms with Gasteiger partial charge in [0, 0.05) is 0 Å². The molecule has 0 aromatic rings. The molecule has 0 spiro atoms. The summed E-state index contributed by atoms with van der Waals surface area (Å²) in [7, 11) is 0. The van der Waals surface area contributed by atoms with Crippen molar-refractivity contribution in [1.29, 1.82) is 0 Å². The lowest BCUT2D eigenvalue weighted by Crippen LogP contribution is -2.17. The van der Waals surface area contributed by atoms with Gasteiger partial charge in [-0.1, -0.05) is 25.7 Å². The third-order valence-corrected chi connectivity index (χ3v) is 2.99. The number of nitrogens with zero attached hydrogens (tertiary/aromatic N) is 1. The van der Waals surface area contributed by atoms with Crippen LogP contribution in [0.4, 0.5) is 0 Å². The number of rotatable bonds is 4. The predicted octanol–water partition coefficient (Wildman–Crippen LogP) is 3.07. The summed E-state index contributed by atoms with van der Waals surface area (Å²) in [5, 5.41) is 0. The highest BCUT2D eigenvalue weighted by atomic mass is 16.1. The van der Waals surface area contributed by atoms with E-state index in [2.05, 4.69) is 4.99 Å². The van der Waals surface area contributed by atoms with Crippen molar-refractivity contribution in [2.24, 2.45) is 10.9 Å². The van der Waals surface area contributed by atoms with E-state index in [0.717, 1.165) is 12.3 Å². The molecule has 1 saturated carbocycles. The van der Waals surface area contributed by atoms with Crippen LogP contribution in [0.2, 0.25) is 0 Å². The van der Waals surface area contributed by atoms with Gasteiger partial charge in [-0.2, -0.15) is 4.99 Å². The molecule has 1 fully saturated rings. The molecule has 1 rings (SSSR count). The van der Waals surface area contributed by atoms with Gasteiger partial charge in [-0.25, -0.2) is 4.79 Å². The molecule has 0 heterocycles. The quantitative estimate of drug-likeness (QED) is 0.484. The van der Waals surface area contributed by atoms with Gasteiger partial charge < -0.3 is 0 Å². The van der Waals surface area contributed by atoms with Crippen LogP contribution in [0, 0.1) is 5.92 Å². The smallest absolute Gasteiger partial charge is 0.211 e. The van der Waals surface area contributed by atoms with Crippen LogP contribution < -0.4 is 0 Å². The van der Waals surface area contributed by atoms with Crippen molar-refractivity contribution in [2.75, 3.05) is 0 Å². The number of aliphatic imine (C=N–C) groups is 1. The fraction of sp³-hybridized carbons (Fsp3) is 0.909. The van der Waals surface area contributed by atoms with Gasteiger partial charge in [-0.3, -0.25) is 0 Å². The Morgan fingerprint density at radius 3 is 2.54 bits per heavy atom.